The number of anilines is 1. The molecule has 6 nitrogen and oxygen atoms in total. The van der Waals surface area contributed by atoms with Crippen molar-refractivity contribution in [3.05, 3.63) is 77.5 Å². The summed E-state index contributed by atoms with van der Waals surface area (Å²) in [7, 11) is 0. The number of aromatic nitrogens is 3. The summed E-state index contributed by atoms with van der Waals surface area (Å²) in [5.74, 6) is -0.0109. The Bertz CT molecular complexity index is 1230. The van der Waals surface area contributed by atoms with Gasteiger partial charge in [-0.1, -0.05) is 18.2 Å². The molecule has 3 N–H and O–H groups in total. The van der Waals surface area contributed by atoms with Crippen molar-refractivity contribution in [2.45, 2.75) is 20.4 Å². The van der Waals surface area contributed by atoms with Crippen molar-refractivity contribution in [1.82, 2.24) is 14.5 Å². The second-order valence-electron chi connectivity index (χ2n) is 7.22. The van der Waals surface area contributed by atoms with E-state index >= 15 is 0 Å². The normalized spacial score (nSPS) is 11.0. The molecule has 0 aliphatic carbocycles. The van der Waals surface area contributed by atoms with E-state index in [1.54, 1.807) is 30.3 Å². The molecule has 0 saturated carbocycles. The van der Waals surface area contributed by atoms with Crippen molar-refractivity contribution in [2.75, 3.05) is 11.9 Å². The first-order chi connectivity index (χ1) is 14.4. The third kappa shape index (κ3) is 3.74. The zero-order valence-electron chi connectivity index (χ0n) is 16.8. The number of hydrogen-bond acceptors (Lipinski definition) is 4. The summed E-state index contributed by atoms with van der Waals surface area (Å²) in [6.45, 7) is 5.15. The molecule has 0 bridgehead atoms. The molecule has 0 fully saturated rings. The zero-order valence-corrected chi connectivity index (χ0v) is 16.8. The zero-order chi connectivity index (χ0) is 21.3. The molecule has 7 heteroatoms. The number of halogens is 1. The average Bonchev–Trinajstić information content (AvgIpc) is 3.08. The number of nitrogens with zero attached hydrogens (tertiary/aromatic N) is 3. The van der Waals surface area contributed by atoms with Crippen LogP contribution in [0.5, 0.6) is 0 Å². The SMILES string of the molecule is Cc1ccc(F)c2c1cc(C)n2CCNc1cc(-c2ccc(C(N)=O)cc2)ncn1. The Hall–Kier alpha value is -3.74. The van der Waals surface area contributed by atoms with Crippen LogP contribution >= 0.6 is 0 Å². The van der Waals surface area contributed by atoms with Crippen LogP contribution in [0.2, 0.25) is 0 Å². The number of nitrogens with one attached hydrogen (secondary N) is 1. The van der Waals surface area contributed by atoms with Gasteiger partial charge in [-0.3, -0.25) is 4.79 Å². The van der Waals surface area contributed by atoms with Gasteiger partial charge in [0.15, 0.2) is 0 Å². The molecule has 2 aromatic carbocycles. The van der Waals surface area contributed by atoms with Crippen LogP contribution in [0.1, 0.15) is 21.6 Å². The standard InChI is InChI=1S/C23H22FN5O/c1-14-3-8-19(24)22-18(14)11-15(2)29(22)10-9-26-21-12-20(27-13-28-21)16-4-6-17(7-5-16)23(25)30/h3-8,11-13H,9-10H2,1-2H3,(H2,25,30)(H,26,27,28). The predicted molar refractivity (Wildman–Crippen MR) is 116 cm³/mol. The number of hydrogen-bond donors (Lipinski definition) is 2. The Morgan fingerprint density at radius 3 is 2.60 bits per heavy atom. The van der Waals surface area contributed by atoms with Crippen molar-refractivity contribution in [2.24, 2.45) is 5.73 Å². The number of rotatable bonds is 6. The predicted octanol–water partition coefficient (Wildman–Crippen LogP) is 4.07. The maximum Gasteiger partial charge on any atom is 0.248 e. The number of carbonyl (C=O) groups excluding carboxylic acids is 1. The molecule has 0 aliphatic rings. The minimum Gasteiger partial charge on any atom is -0.368 e. The van der Waals surface area contributed by atoms with Gasteiger partial charge in [0, 0.05) is 41.4 Å². The third-order valence-electron chi connectivity index (χ3n) is 5.21. The monoisotopic (exact) mass is 403 g/mol. The highest BCUT2D eigenvalue weighted by Gasteiger charge is 2.12. The molecule has 2 aromatic heterocycles. The van der Waals surface area contributed by atoms with Gasteiger partial charge in [-0.15, -0.1) is 0 Å². The maximum absolute atomic E-state index is 14.4. The van der Waals surface area contributed by atoms with Crippen LogP contribution in [0.15, 0.2) is 54.9 Å². The van der Waals surface area contributed by atoms with E-state index in [1.807, 2.05) is 30.5 Å². The Balaban J connectivity index is 1.50. The summed E-state index contributed by atoms with van der Waals surface area (Å²) in [5.41, 5.74) is 10.0. The Morgan fingerprint density at radius 2 is 1.87 bits per heavy atom. The molecular weight excluding hydrogens is 381 g/mol. The molecule has 0 saturated heterocycles. The van der Waals surface area contributed by atoms with Gasteiger partial charge in [-0.25, -0.2) is 14.4 Å². The average molecular weight is 403 g/mol. The fraction of sp³-hybridized carbons (Fsp3) is 0.174. The highest BCUT2D eigenvalue weighted by atomic mass is 19.1. The van der Waals surface area contributed by atoms with Crippen molar-refractivity contribution < 1.29 is 9.18 Å². The molecule has 152 valence electrons. The summed E-state index contributed by atoms with van der Waals surface area (Å²) in [6.07, 6.45) is 1.49. The Morgan fingerprint density at radius 1 is 1.10 bits per heavy atom. The van der Waals surface area contributed by atoms with E-state index in [1.165, 1.54) is 12.4 Å². The molecule has 4 rings (SSSR count). The quantitative estimate of drug-likeness (QED) is 0.508. The third-order valence-corrected chi connectivity index (χ3v) is 5.21. The first-order valence-electron chi connectivity index (χ1n) is 9.65. The molecule has 2 heterocycles. The van der Waals surface area contributed by atoms with Gasteiger partial charge in [0.25, 0.3) is 0 Å². The van der Waals surface area contributed by atoms with Crippen molar-refractivity contribution in [1.29, 1.82) is 0 Å². The first kappa shape index (κ1) is 19.6. The van der Waals surface area contributed by atoms with E-state index in [0.717, 1.165) is 27.9 Å². The molecule has 0 spiro atoms. The fourth-order valence-corrected chi connectivity index (χ4v) is 3.60. The second kappa shape index (κ2) is 7.94. The molecule has 0 unspecified atom stereocenters. The minimum absolute atomic E-state index is 0.215. The van der Waals surface area contributed by atoms with Crippen LogP contribution in [0, 0.1) is 19.7 Å². The smallest absolute Gasteiger partial charge is 0.248 e. The topological polar surface area (TPSA) is 85.8 Å². The van der Waals surface area contributed by atoms with Crippen LogP contribution < -0.4 is 11.1 Å². The van der Waals surface area contributed by atoms with Gasteiger partial charge in [-0.2, -0.15) is 0 Å². The van der Waals surface area contributed by atoms with Gasteiger partial charge in [0.05, 0.1) is 11.2 Å². The van der Waals surface area contributed by atoms with E-state index in [4.69, 9.17) is 5.73 Å². The lowest BCUT2D eigenvalue weighted by molar-refractivity contribution is 0.100. The molecule has 1 amide bonds. The number of benzene rings is 2. The highest BCUT2D eigenvalue weighted by Crippen LogP contribution is 2.25. The number of amides is 1. The first-order valence-corrected chi connectivity index (χ1v) is 9.65. The number of nitrogens with two attached hydrogens (primary N) is 1. The van der Waals surface area contributed by atoms with Crippen molar-refractivity contribution in [3.63, 3.8) is 0 Å². The molecule has 0 aliphatic heterocycles. The fourth-order valence-electron chi connectivity index (χ4n) is 3.60. The number of aryl methyl sites for hydroxylation is 2. The lowest BCUT2D eigenvalue weighted by Gasteiger charge is -2.11. The Labute approximate surface area is 173 Å². The summed E-state index contributed by atoms with van der Waals surface area (Å²) in [4.78, 5) is 19.8. The van der Waals surface area contributed by atoms with Gasteiger partial charge < -0.3 is 15.6 Å². The molecular formula is C23H22FN5O. The van der Waals surface area contributed by atoms with E-state index < -0.39 is 5.91 Å². The second-order valence-corrected chi connectivity index (χ2v) is 7.22. The van der Waals surface area contributed by atoms with Crippen molar-refractivity contribution in [3.8, 4) is 11.3 Å². The van der Waals surface area contributed by atoms with Gasteiger partial charge in [0.1, 0.15) is 18.0 Å². The van der Waals surface area contributed by atoms with Crippen LogP contribution in [-0.4, -0.2) is 27.0 Å². The van der Waals surface area contributed by atoms with Gasteiger partial charge in [-0.05, 0) is 43.7 Å². The van der Waals surface area contributed by atoms with Gasteiger partial charge >= 0.3 is 0 Å². The molecule has 30 heavy (non-hydrogen) atoms. The van der Waals surface area contributed by atoms with Crippen molar-refractivity contribution >= 4 is 22.6 Å². The number of fused-ring (bicyclic) bond motifs is 1. The summed E-state index contributed by atoms with van der Waals surface area (Å²) < 4.78 is 16.4. The highest BCUT2D eigenvalue weighted by molar-refractivity contribution is 5.93. The lowest BCUT2D eigenvalue weighted by Crippen LogP contribution is -2.13. The largest absolute Gasteiger partial charge is 0.368 e. The van der Waals surface area contributed by atoms with E-state index in [-0.39, 0.29) is 5.82 Å². The maximum atomic E-state index is 14.4. The lowest BCUT2D eigenvalue weighted by atomic mass is 10.1. The minimum atomic E-state index is -0.467. The molecule has 0 radical (unpaired) electrons. The van der Waals surface area contributed by atoms with Crippen LogP contribution in [0.3, 0.4) is 0 Å². The summed E-state index contributed by atoms with van der Waals surface area (Å²) >= 11 is 0. The van der Waals surface area contributed by atoms with Crippen LogP contribution in [-0.2, 0) is 6.54 Å². The number of primary amides is 1. The van der Waals surface area contributed by atoms with Crippen LogP contribution in [0.4, 0.5) is 10.2 Å². The van der Waals surface area contributed by atoms with E-state index in [9.17, 15) is 9.18 Å². The summed E-state index contributed by atoms with van der Waals surface area (Å²) in [6, 6.07) is 14.1. The molecule has 0 atom stereocenters. The summed E-state index contributed by atoms with van der Waals surface area (Å²) in [5, 5.41) is 4.22. The Kier molecular flexibility index (Phi) is 5.18. The number of carbonyl (C=O) groups is 1. The molecule has 4 aromatic rings. The van der Waals surface area contributed by atoms with Crippen LogP contribution in [0.25, 0.3) is 22.2 Å². The van der Waals surface area contributed by atoms with E-state index in [0.29, 0.717) is 30.0 Å². The van der Waals surface area contributed by atoms with Gasteiger partial charge in [0.2, 0.25) is 5.91 Å². The van der Waals surface area contributed by atoms with E-state index in [2.05, 4.69) is 15.3 Å².